The molecule has 0 aliphatic rings. The smallest absolute Gasteiger partial charge is 0.282 e. The molecule has 27 heavy (non-hydrogen) atoms. The summed E-state index contributed by atoms with van der Waals surface area (Å²) in [5, 5.41) is 6.60. The van der Waals surface area contributed by atoms with Crippen LogP contribution in [0.5, 0.6) is 0 Å². The van der Waals surface area contributed by atoms with Crippen LogP contribution in [0.2, 0.25) is 10.0 Å². The highest BCUT2D eigenvalue weighted by molar-refractivity contribution is 6.35. The standard InChI is InChI=1S/C20H23Cl2N3O2/c1-4-14-7-5-6-8-18(14)24-19(26)12-25(3)13(2)20(27)23-17-10-15(21)9-16(22)11-17/h5-11,13H,4,12H2,1-3H3,(H,23,27)(H,24,26)/p+1/t13-/m1/s1. The van der Waals surface area contributed by atoms with Crippen molar-refractivity contribution in [1.82, 2.24) is 0 Å². The highest BCUT2D eigenvalue weighted by Crippen LogP contribution is 2.22. The van der Waals surface area contributed by atoms with Gasteiger partial charge < -0.3 is 15.5 Å². The van der Waals surface area contributed by atoms with Crippen LogP contribution < -0.4 is 15.5 Å². The molecule has 0 heterocycles. The van der Waals surface area contributed by atoms with Gasteiger partial charge >= 0.3 is 0 Å². The predicted molar refractivity (Wildman–Crippen MR) is 111 cm³/mol. The van der Waals surface area contributed by atoms with Gasteiger partial charge in [0.1, 0.15) is 0 Å². The van der Waals surface area contributed by atoms with Gasteiger partial charge in [0.15, 0.2) is 12.6 Å². The molecule has 0 saturated carbocycles. The van der Waals surface area contributed by atoms with E-state index in [1.165, 1.54) is 0 Å². The van der Waals surface area contributed by atoms with Crippen LogP contribution in [0.15, 0.2) is 42.5 Å². The first kappa shape index (κ1) is 21.2. The quantitative estimate of drug-likeness (QED) is 0.659. The Balaban J connectivity index is 1.94. The summed E-state index contributed by atoms with van der Waals surface area (Å²) in [5.41, 5.74) is 2.41. The van der Waals surface area contributed by atoms with Gasteiger partial charge in [-0.25, -0.2) is 0 Å². The monoisotopic (exact) mass is 408 g/mol. The molecule has 0 saturated heterocycles. The Kier molecular flexibility index (Phi) is 7.66. The molecule has 5 nitrogen and oxygen atoms in total. The maximum Gasteiger partial charge on any atom is 0.282 e. The molecular formula is C20H24Cl2N3O2+. The molecule has 0 radical (unpaired) electrons. The predicted octanol–water partition coefficient (Wildman–Crippen LogP) is 3.04. The summed E-state index contributed by atoms with van der Waals surface area (Å²) < 4.78 is 0. The van der Waals surface area contributed by atoms with Crippen LogP contribution in [-0.4, -0.2) is 31.4 Å². The zero-order chi connectivity index (χ0) is 20.0. The van der Waals surface area contributed by atoms with Crippen molar-refractivity contribution in [2.24, 2.45) is 0 Å². The Morgan fingerprint density at radius 3 is 2.33 bits per heavy atom. The van der Waals surface area contributed by atoms with Crippen molar-refractivity contribution in [2.75, 3.05) is 24.2 Å². The second-order valence-electron chi connectivity index (χ2n) is 6.45. The van der Waals surface area contributed by atoms with Gasteiger partial charge in [-0.3, -0.25) is 9.59 Å². The van der Waals surface area contributed by atoms with E-state index < -0.39 is 6.04 Å². The topological polar surface area (TPSA) is 62.6 Å². The average Bonchev–Trinajstić information content (AvgIpc) is 2.60. The number of benzene rings is 2. The second kappa shape index (κ2) is 9.74. The van der Waals surface area contributed by atoms with E-state index in [9.17, 15) is 9.59 Å². The van der Waals surface area contributed by atoms with Crippen molar-refractivity contribution in [2.45, 2.75) is 26.3 Å². The molecule has 3 N–H and O–H groups in total. The third kappa shape index (κ3) is 6.24. The number of hydrogen-bond donors (Lipinski definition) is 3. The zero-order valence-corrected chi connectivity index (χ0v) is 17.1. The Labute approximate surface area is 169 Å². The molecule has 2 atom stereocenters. The van der Waals surface area contributed by atoms with Crippen LogP contribution in [-0.2, 0) is 16.0 Å². The van der Waals surface area contributed by atoms with Gasteiger partial charge in [0.2, 0.25) is 0 Å². The third-order valence-electron chi connectivity index (χ3n) is 4.37. The van der Waals surface area contributed by atoms with Crippen molar-refractivity contribution >= 4 is 46.4 Å². The normalized spacial score (nSPS) is 12.9. The lowest BCUT2D eigenvalue weighted by molar-refractivity contribution is -0.885. The molecule has 0 spiro atoms. The fourth-order valence-electron chi connectivity index (χ4n) is 2.65. The van der Waals surface area contributed by atoms with Crippen LogP contribution in [0.25, 0.3) is 0 Å². The molecule has 1 unspecified atom stereocenters. The number of carbonyl (C=O) groups is 2. The highest BCUT2D eigenvalue weighted by Gasteiger charge is 2.24. The number of nitrogens with one attached hydrogen (secondary N) is 3. The van der Waals surface area contributed by atoms with Gasteiger partial charge in [-0.2, -0.15) is 0 Å². The number of quaternary nitrogens is 1. The summed E-state index contributed by atoms with van der Waals surface area (Å²) in [6.07, 6.45) is 0.833. The van der Waals surface area contributed by atoms with E-state index >= 15 is 0 Å². The number of amides is 2. The number of rotatable bonds is 7. The molecule has 2 aromatic rings. The summed E-state index contributed by atoms with van der Waals surface area (Å²) in [6, 6.07) is 12.1. The first-order chi connectivity index (χ1) is 12.8. The molecule has 144 valence electrons. The third-order valence-corrected chi connectivity index (χ3v) is 4.81. The molecule has 0 aliphatic carbocycles. The van der Waals surface area contributed by atoms with E-state index in [2.05, 4.69) is 10.6 Å². The minimum Gasteiger partial charge on any atom is -0.321 e. The summed E-state index contributed by atoms with van der Waals surface area (Å²) in [4.78, 5) is 25.6. The largest absolute Gasteiger partial charge is 0.321 e. The molecular weight excluding hydrogens is 385 g/mol. The SMILES string of the molecule is CCc1ccccc1NC(=O)C[NH+](C)[C@H](C)C(=O)Nc1cc(Cl)cc(Cl)c1. The second-order valence-corrected chi connectivity index (χ2v) is 7.32. The number of carbonyl (C=O) groups excluding carboxylic acids is 2. The molecule has 2 aromatic carbocycles. The van der Waals surface area contributed by atoms with Crippen LogP contribution in [0.3, 0.4) is 0 Å². The summed E-state index contributed by atoms with van der Waals surface area (Å²) in [5.74, 6) is -0.355. The highest BCUT2D eigenvalue weighted by atomic mass is 35.5. The summed E-state index contributed by atoms with van der Waals surface area (Å²) in [7, 11) is 1.81. The van der Waals surface area contributed by atoms with E-state index in [-0.39, 0.29) is 18.4 Å². The first-order valence-electron chi connectivity index (χ1n) is 8.77. The molecule has 0 fully saturated rings. The van der Waals surface area contributed by atoms with E-state index in [4.69, 9.17) is 23.2 Å². The maximum absolute atomic E-state index is 12.5. The lowest BCUT2D eigenvalue weighted by Gasteiger charge is -2.21. The van der Waals surface area contributed by atoms with E-state index in [0.717, 1.165) is 22.6 Å². The van der Waals surface area contributed by atoms with Gasteiger partial charge in [-0.05, 0) is 43.2 Å². The van der Waals surface area contributed by atoms with Crippen LogP contribution >= 0.6 is 23.2 Å². The van der Waals surface area contributed by atoms with E-state index in [1.807, 2.05) is 31.2 Å². The van der Waals surface area contributed by atoms with Gasteiger partial charge in [-0.1, -0.05) is 48.3 Å². The Hall–Kier alpha value is -2.08. The number of hydrogen-bond acceptors (Lipinski definition) is 2. The fraction of sp³-hybridized carbons (Fsp3) is 0.300. The molecule has 2 amide bonds. The average molecular weight is 409 g/mol. The minimum atomic E-state index is -0.435. The van der Waals surface area contributed by atoms with Crippen molar-refractivity contribution < 1.29 is 14.5 Å². The number of anilines is 2. The van der Waals surface area contributed by atoms with Crippen LogP contribution in [0.4, 0.5) is 11.4 Å². The fourth-order valence-corrected chi connectivity index (χ4v) is 3.18. The lowest BCUT2D eigenvalue weighted by atomic mass is 10.1. The lowest BCUT2D eigenvalue weighted by Crippen LogP contribution is -3.14. The van der Waals surface area contributed by atoms with Crippen molar-refractivity contribution in [3.8, 4) is 0 Å². The van der Waals surface area contributed by atoms with Gasteiger partial charge in [0, 0.05) is 21.4 Å². The van der Waals surface area contributed by atoms with Gasteiger partial charge in [-0.15, -0.1) is 0 Å². The number of likely N-dealkylation sites (N-methyl/N-ethyl adjacent to an activating group) is 1. The van der Waals surface area contributed by atoms with Gasteiger partial charge in [0.25, 0.3) is 11.8 Å². The van der Waals surface area contributed by atoms with Crippen LogP contribution in [0, 0.1) is 0 Å². The van der Waals surface area contributed by atoms with E-state index in [1.54, 1.807) is 32.2 Å². The number of para-hydroxylation sites is 1. The Bertz CT molecular complexity index is 806. The Morgan fingerprint density at radius 2 is 1.70 bits per heavy atom. The zero-order valence-electron chi connectivity index (χ0n) is 15.6. The molecule has 0 aromatic heterocycles. The molecule has 0 bridgehead atoms. The van der Waals surface area contributed by atoms with Crippen LogP contribution in [0.1, 0.15) is 19.4 Å². The van der Waals surface area contributed by atoms with Crippen molar-refractivity contribution in [3.05, 3.63) is 58.1 Å². The minimum absolute atomic E-state index is 0.140. The number of aryl methyl sites for hydroxylation is 1. The molecule has 7 heteroatoms. The Morgan fingerprint density at radius 1 is 1.07 bits per heavy atom. The summed E-state index contributed by atoms with van der Waals surface area (Å²) in [6.45, 7) is 3.98. The molecule has 2 rings (SSSR count). The van der Waals surface area contributed by atoms with Crippen molar-refractivity contribution in [1.29, 1.82) is 0 Å². The maximum atomic E-state index is 12.5. The van der Waals surface area contributed by atoms with Gasteiger partial charge in [0.05, 0.1) is 7.05 Å². The van der Waals surface area contributed by atoms with Crippen molar-refractivity contribution in [3.63, 3.8) is 0 Å². The van der Waals surface area contributed by atoms with E-state index in [0.29, 0.717) is 15.7 Å². The molecule has 0 aliphatic heterocycles. The summed E-state index contributed by atoms with van der Waals surface area (Å²) >= 11 is 11.9. The first-order valence-corrected chi connectivity index (χ1v) is 9.52. The number of halogens is 2.